The third-order valence-corrected chi connectivity index (χ3v) is 3.54. The zero-order chi connectivity index (χ0) is 14.9. The van der Waals surface area contributed by atoms with Gasteiger partial charge in [-0.25, -0.2) is 0 Å². The van der Waals surface area contributed by atoms with Gasteiger partial charge in [-0.3, -0.25) is 0 Å². The topological polar surface area (TPSA) is 46.2 Å². The standard InChI is InChI=1S/C18H35NO/c1-2-3-4-5-6-7-8-9-10-11-12-13-14-15-16-18(19)17-20/h13-16,18,20H,2-12,17,19H2,1H3/b14-13-,16-15+/t18-/m1/s1. The third-order valence-electron chi connectivity index (χ3n) is 3.54. The predicted octanol–water partition coefficient (Wildman–Crippen LogP) is 4.73. The molecule has 0 unspecified atom stereocenters. The Hall–Kier alpha value is -0.600. The number of hydrogen-bond donors (Lipinski definition) is 2. The van der Waals surface area contributed by atoms with Gasteiger partial charge in [0.1, 0.15) is 0 Å². The van der Waals surface area contributed by atoms with E-state index in [9.17, 15) is 0 Å². The Morgan fingerprint density at radius 3 is 1.95 bits per heavy atom. The van der Waals surface area contributed by atoms with Crippen LogP contribution < -0.4 is 5.73 Å². The lowest BCUT2D eigenvalue weighted by Crippen LogP contribution is -2.20. The van der Waals surface area contributed by atoms with Crippen molar-refractivity contribution >= 4 is 0 Å². The summed E-state index contributed by atoms with van der Waals surface area (Å²) in [7, 11) is 0. The average molecular weight is 281 g/mol. The molecule has 0 fully saturated rings. The van der Waals surface area contributed by atoms with Gasteiger partial charge in [-0.15, -0.1) is 0 Å². The van der Waals surface area contributed by atoms with E-state index in [1.54, 1.807) is 0 Å². The van der Waals surface area contributed by atoms with Crippen LogP contribution in [0.3, 0.4) is 0 Å². The number of hydrogen-bond acceptors (Lipinski definition) is 2. The van der Waals surface area contributed by atoms with Gasteiger partial charge in [0.2, 0.25) is 0 Å². The van der Waals surface area contributed by atoms with Crippen molar-refractivity contribution in [1.29, 1.82) is 0 Å². The van der Waals surface area contributed by atoms with Crippen molar-refractivity contribution < 1.29 is 5.11 Å². The summed E-state index contributed by atoms with van der Waals surface area (Å²) in [5, 5.41) is 8.74. The highest BCUT2D eigenvalue weighted by atomic mass is 16.3. The number of allylic oxidation sites excluding steroid dienone is 3. The summed E-state index contributed by atoms with van der Waals surface area (Å²) in [5.74, 6) is 0. The second-order valence-electron chi connectivity index (χ2n) is 5.63. The van der Waals surface area contributed by atoms with Crippen LogP contribution in [-0.2, 0) is 0 Å². The lowest BCUT2D eigenvalue weighted by molar-refractivity contribution is 0.284. The lowest BCUT2D eigenvalue weighted by Gasteiger charge is -2.01. The van der Waals surface area contributed by atoms with Crippen molar-refractivity contribution in [2.45, 2.75) is 83.6 Å². The molecular weight excluding hydrogens is 246 g/mol. The van der Waals surface area contributed by atoms with E-state index in [4.69, 9.17) is 10.8 Å². The van der Waals surface area contributed by atoms with Crippen LogP contribution in [0, 0.1) is 0 Å². The summed E-state index contributed by atoms with van der Waals surface area (Å²) < 4.78 is 0. The van der Waals surface area contributed by atoms with E-state index in [0.29, 0.717) is 0 Å². The Labute approximate surface area is 126 Å². The second kappa shape index (κ2) is 16.5. The predicted molar refractivity (Wildman–Crippen MR) is 89.8 cm³/mol. The van der Waals surface area contributed by atoms with E-state index < -0.39 is 0 Å². The minimum Gasteiger partial charge on any atom is -0.394 e. The average Bonchev–Trinajstić information content (AvgIpc) is 2.47. The molecule has 0 heterocycles. The Bertz CT molecular complexity index is 236. The fourth-order valence-corrected chi connectivity index (χ4v) is 2.19. The zero-order valence-electron chi connectivity index (χ0n) is 13.4. The molecule has 0 aliphatic heterocycles. The lowest BCUT2D eigenvalue weighted by atomic mass is 10.1. The van der Waals surface area contributed by atoms with Crippen molar-refractivity contribution in [1.82, 2.24) is 0 Å². The van der Waals surface area contributed by atoms with E-state index >= 15 is 0 Å². The molecule has 0 aromatic rings. The van der Waals surface area contributed by atoms with Crippen LogP contribution in [0.5, 0.6) is 0 Å². The van der Waals surface area contributed by atoms with Crippen LogP contribution in [0.2, 0.25) is 0 Å². The fraction of sp³-hybridized carbons (Fsp3) is 0.778. The molecule has 20 heavy (non-hydrogen) atoms. The van der Waals surface area contributed by atoms with Crippen molar-refractivity contribution in [3.05, 3.63) is 24.3 Å². The van der Waals surface area contributed by atoms with E-state index in [2.05, 4.69) is 13.0 Å². The molecule has 3 N–H and O–H groups in total. The Balaban J connectivity index is 3.16. The first kappa shape index (κ1) is 19.4. The monoisotopic (exact) mass is 281 g/mol. The first-order chi connectivity index (χ1) is 9.81. The first-order valence-electron chi connectivity index (χ1n) is 8.51. The number of rotatable bonds is 14. The van der Waals surface area contributed by atoms with Gasteiger partial charge in [0.15, 0.2) is 0 Å². The smallest absolute Gasteiger partial charge is 0.0618 e. The third kappa shape index (κ3) is 15.5. The zero-order valence-corrected chi connectivity index (χ0v) is 13.4. The summed E-state index contributed by atoms with van der Waals surface area (Å²) in [5.41, 5.74) is 5.55. The van der Waals surface area contributed by atoms with Gasteiger partial charge < -0.3 is 10.8 Å². The van der Waals surface area contributed by atoms with Crippen molar-refractivity contribution in [2.75, 3.05) is 6.61 Å². The summed E-state index contributed by atoms with van der Waals surface area (Å²) in [6.45, 7) is 2.29. The summed E-state index contributed by atoms with van der Waals surface area (Å²) in [4.78, 5) is 0. The molecule has 0 aromatic heterocycles. The second-order valence-corrected chi connectivity index (χ2v) is 5.63. The van der Waals surface area contributed by atoms with Gasteiger partial charge in [-0.2, -0.15) is 0 Å². The van der Waals surface area contributed by atoms with Gasteiger partial charge in [-0.1, -0.05) is 89.0 Å². The number of aliphatic hydroxyl groups excluding tert-OH is 1. The molecule has 0 spiro atoms. The Morgan fingerprint density at radius 2 is 1.40 bits per heavy atom. The molecule has 0 bridgehead atoms. The molecule has 0 aliphatic carbocycles. The summed E-state index contributed by atoms with van der Waals surface area (Å²) in [6.07, 6.45) is 23.0. The number of nitrogens with two attached hydrogens (primary N) is 1. The maximum atomic E-state index is 8.74. The SMILES string of the molecule is CCCCCCCCCCCC/C=C\C=C\[C@@H](N)CO. The minimum absolute atomic E-state index is 0.0167. The quantitative estimate of drug-likeness (QED) is 0.357. The molecule has 118 valence electrons. The molecule has 0 radical (unpaired) electrons. The van der Waals surface area contributed by atoms with Crippen LogP contribution >= 0.6 is 0 Å². The maximum absolute atomic E-state index is 8.74. The van der Waals surface area contributed by atoms with Crippen LogP contribution in [0.1, 0.15) is 77.6 Å². The fourth-order valence-electron chi connectivity index (χ4n) is 2.19. The molecule has 2 heteroatoms. The Kier molecular flexibility index (Phi) is 16.0. The van der Waals surface area contributed by atoms with Crippen LogP contribution in [0.4, 0.5) is 0 Å². The highest BCUT2D eigenvalue weighted by Gasteiger charge is 1.92. The van der Waals surface area contributed by atoms with Gasteiger partial charge in [-0.05, 0) is 12.8 Å². The van der Waals surface area contributed by atoms with Gasteiger partial charge in [0, 0.05) is 6.04 Å². The number of unbranched alkanes of at least 4 members (excludes halogenated alkanes) is 10. The van der Waals surface area contributed by atoms with Crippen molar-refractivity contribution in [3.8, 4) is 0 Å². The number of aliphatic hydroxyl groups is 1. The van der Waals surface area contributed by atoms with Crippen LogP contribution in [-0.4, -0.2) is 17.8 Å². The largest absolute Gasteiger partial charge is 0.394 e. The molecule has 0 saturated carbocycles. The normalized spacial score (nSPS) is 13.6. The highest BCUT2D eigenvalue weighted by molar-refractivity contribution is 5.05. The molecule has 0 aromatic carbocycles. The minimum atomic E-state index is -0.225. The molecular formula is C18H35NO. The van der Waals surface area contributed by atoms with E-state index in [0.717, 1.165) is 6.42 Å². The molecule has 0 aliphatic rings. The Morgan fingerprint density at radius 1 is 0.850 bits per heavy atom. The van der Waals surface area contributed by atoms with Crippen molar-refractivity contribution in [2.24, 2.45) is 5.73 Å². The van der Waals surface area contributed by atoms with Crippen molar-refractivity contribution in [3.63, 3.8) is 0 Å². The van der Waals surface area contributed by atoms with Crippen LogP contribution in [0.25, 0.3) is 0 Å². The summed E-state index contributed by atoms with van der Waals surface area (Å²) >= 11 is 0. The first-order valence-corrected chi connectivity index (χ1v) is 8.51. The van der Waals surface area contributed by atoms with E-state index in [-0.39, 0.29) is 12.6 Å². The highest BCUT2D eigenvalue weighted by Crippen LogP contribution is 2.11. The van der Waals surface area contributed by atoms with Gasteiger partial charge in [0.25, 0.3) is 0 Å². The van der Waals surface area contributed by atoms with Crippen LogP contribution in [0.15, 0.2) is 24.3 Å². The molecule has 0 saturated heterocycles. The maximum Gasteiger partial charge on any atom is 0.0618 e. The van der Waals surface area contributed by atoms with E-state index in [1.165, 1.54) is 64.2 Å². The molecule has 1 atom stereocenters. The molecule has 0 rings (SSSR count). The van der Waals surface area contributed by atoms with Gasteiger partial charge >= 0.3 is 0 Å². The molecule has 0 amide bonds. The van der Waals surface area contributed by atoms with E-state index in [1.807, 2.05) is 18.2 Å². The van der Waals surface area contributed by atoms with Gasteiger partial charge in [0.05, 0.1) is 6.61 Å². The summed E-state index contributed by atoms with van der Waals surface area (Å²) in [6, 6.07) is -0.225. The molecule has 2 nitrogen and oxygen atoms in total.